The third kappa shape index (κ3) is 6.63. The summed E-state index contributed by atoms with van der Waals surface area (Å²) in [6.45, 7) is 2.42. The van der Waals surface area contributed by atoms with Crippen molar-refractivity contribution >= 4 is 29.9 Å². The van der Waals surface area contributed by atoms with E-state index in [2.05, 4.69) is 30.4 Å². The van der Waals surface area contributed by atoms with Crippen LogP contribution in [0.3, 0.4) is 0 Å². The van der Waals surface area contributed by atoms with Crippen LogP contribution in [0.2, 0.25) is 0 Å². The molecule has 10 heteroatoms. The minimum absolute atomic E-state index is 0. The van der Waals surface area contributed by atoms with Crippen LogP contribution in [0.15, 0.2) is 17.1 Å². The molecule has 2 aromatic rings. The summed E-state index contributed by atoms with van der Waals surface area (Å²) in [6, 6.07) is 3.86. The quantitative estimate of drug-likeness (QED) is 0.212. The number of benzene rings is 1. The highest BCUT2D eigenvalue weighted by Crippen LogP contribution is 2.38. The number of rotatable bonds is 9. The van der Waals surface area contributed by atoms with Gasteiger partial charge in [-0.1, -0.05) is 6.42 Å². The molecule has 1 aromatic carbocycles. The fraction of sp³-hybridized carbons (Fsp3) is 0.591. The van der Waals surface area contributed by atoms with Crippen molar-refractivity contribution in [1.82, 2.24) is 25.4 Å². The van der Waals surface area contributed by atoms with Crippen LogP contribution in [0.4, 0.5) is 0 Å². The standard InChI is InChI=1S/C22H34N6O3.HI/c1-23-22(25-15-16-13-17(29-2)21(31-4)18(14-16)30-3)24-11-8-10-20-27-26-19-9-6-5-7-12-28(19)20;/h13-14H,5-12,15H2,1-4H3,(H2,23,24,25);1H. The minimum atomic E-state index is 0. The molecule has 3 rings (SSSR count). The topological polar surface area (TPSA) is 94.8 Å². The summed E-state index contributed by atoms with van der Waals surface area (Å²) >= 11 is 0. The molecule has 9 nitrogen and oxygen atoms in total. The number of aryl methyl sites for hydroxylation is 2. The largest absolute Gasteiger partial charge is 0.493 e. The molecule has 0 amide bonds. The second-order valence-electron chi connectivity index (χ2n) is 7.48. The summed E-state index contributed by atoms with van der Waals surface area (Å²) in [5, 5.41) is 15.5. The summed E-state index contributed by atoms with van der Waals surface area (Å²) in [5.41, 5.74) is 1.00. The van der Waals surface area contributed by atoms with E-state index in [0.29, 0.717) is 23.8 Å². The number of nitrogens with zero attached hydrogens (tertiary/aromatic N) is 4. The van der Waals surface area contributed by atoms with Gasteiger partial charge in [0.2, 0.25) is 5.75 Å². The van der Waals surface area contributed by atoms with Gasteiger partial charge in [-0.15, -0.1) is 34.2 Å². The lowest BCUT2D eigenvalue weighted by Gasteiger charge is -2.16. The van der Waals surface area contributed by atoms with Crippen molar-refractivity contribution in [1.29, 1.82) is 0 Å². The number of hydrogen-bond acceptors (Lipinski definition) is 6. The van der Waals surface area contributed by atoms with Gasteiger partial charge in [-0.05, 0) is 37.0 Å². The Morgan fingerprint density at radius 1 is 1.03 bits per heavy atom. The minimum Gasteiger partial charge on any atom is -0.493 e. The molecule has 1 aliphatic rings. The van der Waals surface area contributed by atoms with Crippen molar-refractivity contribution in [2.24, 2.45) is 4.99 Å². The van der Waals surface area contributed by atoms with Crippen molar-refractivity contribution in [2.75, 3.05) is 34.9 Å². The fourth-order valence-electron chi connectivity index (χ4n) is 3.83. The lowest BCUT2D eigenvalue weighted by molar-refractivity contribution is 0.323. The maximum atomic E-state index is 5.42. The average Bonchev–Trinajstić information content (AvgIpc) is 3.03. The van der Waals surface area contributed by atoms with E-state index in [1.807, 2.05) is 12.1 Å². The van der Waals surface area contributed by atoms with E-state index in [-0.39, 0.29) is 24.0 Å². The molecule has 0 spiro atoms. The van der Waals surface area contributed by atoms with Crippen LogP contribution >= 0.6 is 24.0 Å². The highest BCUT2D eigenvalue weighted by Gasteiger charge is 2.15. The Morgan fingerprint density at radius 3 is 2.44 bits per heavy atom. The van der Waals surface area contributed by atoms with E-state index in [1.165, 1.54) is 19.3 Å². The van der Waals surface area contributed by atoms with Crippen LogP contribution in [0, 0.1) is 0 Å². The second-order valence-corrected chi connectivity index (χ2v) is 7.48. The SMILES string of the molecule is CN=C(NCCCc1nnc2n1CCCCC2)NCc1cc(OC)c(OC)c(OC)c1.I. The second kappa shape index (κ2) is 13.3. The number of fused-ring (bicyclic) bond motifs is 1. The van der Waals surface area contributed by atoms with Crippen LogP contribution in [0.1, 0.15) is 42.9 Å². The lowest BCUT2D eigenvalue weighted by Crippen LogP contribution is -2.37. The van der Waals surface area contributed by atoms with Crippen LogP contribution in [0.5, 0.6) is 17.2 Å². The van der Waals surface area contributed by atoms with Gasteiger partial charge in [-0.2, -0.15) is 0 Å². The van der Waals surface area contributed by atoms with E-state index in [9.17, 15) is 0 Å². The molecule has 0 saturated heterocycles. The predicted octanol–water partition coefficient (Wildman–Crippen LogP) is 2.95. The highest BCUT2D eigenvalue weighted by molar-refractivity contribution is 14.0. The van der Waals surface area contributed by atoms with Gasteiger partial charge in [0.15, 0.2) is 17.5 Å². The van der Waals surface area contributed by atoms with Gasteiger partial charge in [0.25, 0.3) is 0 Å². The number of aliphatic imine (C=N–C) groups is 1. The number of ether oxygens (including phenoxy) is 3. The molecule has 1 aliphatic heterocycles. The number of aromatic nitrogens is 3. The molecule has 0 bridgehead atoms. The molecular weight excluding hydrogens is 523 g/mol. The number of nitrogens with one attached hydrogen (secondary N) is 2. The number of methoxy groups -OCH3 is 3. The molecular formula is C22H35IN6O3. The first-order chi connectivity index (χ1) is 15.2. The van der Waals surface area contributed by atoms with E-state index >= 15 is 0 Å². The summed E-state index contributed by atoms with van der Waals surface area (Å²) in [7, 11) is 6.59. The average molecular weight is 558 g/mol. The summed E-state index contributed by atoms with van der Waals surface area (Å²) < 4.78 is 18.5. The highest BCUT2D eigenvalue weighted by atomic mass is 127. The van der Waals surface area contributed by atoms with Gasteiger partial charge in [0.05, 0.1) is 21.3 Å². The zero-order valence-corrected chi connectivity index (χ0v) is 21.8. The van der Waals surface area contributed by atoms with Crippen molar-refractivity contribution in [3.8, 4) is 17.2 Å². The predicted molar refractivity (Wildman–Crippen MR) is 136 cm³/mol. The van der Waals surface area contributed by atoms with E-state index < -0.39 is 0 Å². The summed E-state index contributed by atoms with van der Waals surface area (Å²) in [4.78, 5) is 4.31. The Hall–Kier alpha value is -2.24. The lowest BCUT2D eigenvalue weighted by atomic mass is 10.2. The first-order valence-corrected chi connectivity index (χ1v) is 10.8. The van der Waals surface area contributed by atoms with Gasteiger partial charge in [-0.3, -0.25) is 4.99 Å². The molecule has 2 N–H and O–H groups in total. The molecule has 0 unspecified atom stereocenters. The van der Waals surface area contributed by atoms with Gasteiger partial charge < -0.3 is 29.4 Å². The van der Waals surface area contributed by atoms with E-state index in [4.69, 9.17) is 14.2 Å². The van der Waals surface area contributed by atoms with Crippen molar-refractivity contribution in [2.45, 2.75) is 51.6 Å². The third-order valence-electron chi connectivity index (χ3n) is 5.46. The molecule has 0 fully saturated rings. The van der Waals surface area contributed by atoms with Gasteiger partial charge >= 0.3 is 0 Å². The zero-order chi connectivity index (χ0) is 22.1. The van der Waals surface area contributed by atoms with E-state index in [0.717, 1.165) is 55.5 Å². The maximum Gasteiger partial charge on any atom is 0.203 e. The number of hydrogen-bond donors (Lipinski definition) is 2. The molecule has 2 heterocycles. The Balaban J connectivity index is 0.00000363. The molecule has 1 aromatic heterocycles. The van der Waals surface area contributed by atoms with Crippen molar-refractivity contribution in [3.05, 3.63) is 29.3 Å². The van der Waals surface area contributed by atoms with Crippen LogP contribution in [-0.2, 0) is 25.9 Å². The van der Waals surface area contributed by atoms with Crippen LogP contribution in [-0.4, -0.2) is 55.6 Å². The van der Waals surface area contributed by atoms with Crippen molar-refractivity contribution < 1.29 is 14.2 Å². The van der Waals surface area contributed by atoms with Gasteiger partial charge in [-0.25, -0.2) is 0 Å². The van der Waals surface area contributed by atoms with Gasteiger partial charge in [0.1, 0.15) is 11.6 Å². The molecule has 0 radical (unpaired) electrons. The number of guanidine groups is 1. The molecule has 0 saturated carbocycles. The molecule has 178 valence electrons. The van der Waals surface area contributed by atoms with Crippen LogP contribution < -0.4 is 24.8 Å². The first-order valence-electron chi connectivity index (χ1n) is 10.8. The summed E-state index contributed by atoms with van der Waals surface area (Å²) in [5.74, 6) is 4.84. The first kappa shape index (κ1) is 26.0. The Bertz CT molecular complexity index is 862. The van der Waals surface area contributed by atoms with E-state index in [1.54, 1.807) is 28.4 Å². The molecule has 0 atom stereocenters. The fourth-order valence-corrected chi connectivity index (χ4v) is 3.83. The normalized spacial score (nSPS) is 13.4. The Morgan fingerprint density at radius 2 is 1.78 bits per heavy atom. The van der Waals surface area contributed by atoms with Gasteiger partial charge in [0, 0.05) is 39.5 Å². The zero-order valence-electron chi connectivity index (χ0n) is 19.4. The summed E-state index contributed by atoms with van der Waals surface area (Å²) in [6.07, 6.45) is 6.62. The van der Waals surface area contributed by atoms with Crippen molar-refractivity contribution in [3.63, 3.8) is 0 Å². The van der Waals surface area contributed by atoms with Crippen LogP contribution in [0.25, 0.3) is 0 Å². The molecule has 0 aliphatic carbocycles. The Labute approximate surface area is 207 Å². The molecule has 32 heavy (non-hydrogen) atoms. The third-order valence-corrected chi connectivity index (χ3v) is 5.46. The Kier molecular flexibility index (Phi) is 10.8. The maximum absolute atomic E-state index is 5.42. The smallest absolute Gasteiger partial charge is 0.203 e. The monoisotopic (exact) mass is 558 g/mol. The number of halogens is 1.